The SMILES string of the molecule is CCCC1=Nc2cc(C(=O)NCc3ccc4c(c3)OCO4)ccc2Sc2ccc(C)cc21. The first-order valence-corrected chi connectivity index (χ1v) is 11.6. The van der Waals surface area contributed by atoms with Crippen LogP contribution in [0, 0.1) is 6.92 Å². The summed E-state index contributed by atoms with van der Waals surface area (Å²) < 4.78 is 10.8. The van der Waals surface area contributed by atoms with Crippen LogP contribution in [0.3, 0.4) is 0 Å². The van der Waals surface area contributed by atoms with Gasteiger partial charge in [0.15, 0.2) is 11.5 Å². The first kappa shape index (κ1) is 20.6. The normalized spacial score (nSPS) is 13.6. The van der Waals surface area contributed by atoms with Crippen LogP contribution in [0.5, 0.6) is 11.5 Å². The minimum atomic E-state index is -0.125. The fraction of sp³-hybridized carbons (Fsp3) is 0.231. The van der Waals surface area contributed by atoms with E-state index in [2.05, 4.69) is 37.4 Å². The van der Waals surface area contributed by atoms with Crippen molar-refractivity contribution in [1.82, 2.24) is 5.32 Å². The van der Waals surface area contributed by atoms with Gasteiger partial charge in [-0.1, -0.05) is 42.8 Å². The van der Waals surface area contributed by atoms with Crippen molar-refractivity contribution in [1.29, 1.82) is 0 Å². The summed E-state index contributed by atoms with van der Waals surface area (Å²) in [5.74, 6) is 1.33. The van der Waals surface area contributed by atoms with Crippen molar-refractivity contribution in [3.8, 4) is 11.5 Å². The Balaban J connectivity index is 1.38. The largest absolute Gasteiger partial charge is 0.454 e. The number of amides is 1. The van der Waals surface area contributed by atoms with Crippen molar-refractivity contribution in [2.75, 3.05) is 6.79 Å². The summed E-state index contributed by atoms with van der Waals surface area (Å²) in [5, 5.41) is 3.00. The van der Waals surface area contributed by atoms with Gasteiger partial charge >= 0.3 is 0 Å². The molecule has 2 heterocycles. The van der Waals surface area contributed by atoms with Gasteiger partial charge in [0.1, 0.15) is 0 Å². The molecule has 0 aliphatic carbocycles. The number of nitrogens with zero attached hydrogens (tertiary/aromatic N) is 1. The van der Waals surface area contributed by atoms with Crippen molar-refractivity contribution < 1.29 is 14.3 Å². The lowest BCUT2D eigenvalue weighted by molar-refractivity contribution is 0.0950. The highest BCUT2D eigenvalue weighted by atomic mass is 32.2. The van der Waals surface area contributed by atoms with E-state index in [1.807, 2.05) is 36.4 Å². The fourth-order valence-corrected chi connectivity index (χ4v) is 4.88. The number of benzene rings is 3. The number of ether oxygens (including phenoxy) is 2. The number of hydrogen-bond acceptors (Lipinski definition) is 5. The van der Waals surface area contributed by atoms with E-state index in [0.29, 0.717) is 17.9 Å². The molecule has 5 rings (SSSR count). The van der Waals surface area contributed by atoms with Crippen molar-refractivity contribution >= 4 is 29.1 Å². The van der Waals surface area contributed by atoms with Crippen molar-refractivity contribution in [3.63, 3.8) is 0 Å². The number of aryl methyl sites for hydroxylation is 1. The lowest BCUT2D eigenvalue weighted by atomic mass is 10.0. The number of hydrogen-bond donors (Lipinski definition) is 1. The Bertz CT molecular complexity index is 1240. The Hall–Kier alpha value is -3.25. The van der Waals surface area contributed by atoms with Crippen LogP contribution in [0.4, 0.5) is 5.69 Å². The minimum absolute atomic E-state index is 0.125. The summed E-state index contributed by atoms with van der Waals surface area (Å²) >= 11 is 1.71. The molecule has 0 radical (unpaired) electrons. The second-order valence-electron chi connectivity index (χ2n) is 7.96. The molecule has 32 heavy (non-hydrogen) atoms. The molecule has 1 N–H and O–H groups in total. The minimum Gasteiger partial charge on any atom is -0.454 e. The highest BCUT2D eigenvalue weighted by molar-refractivity contribution is 7.99. The summed E-state index contributed by atoms with van der Waals surface area (Å²) in [6.07, 6.45) is 1.92. The molecule has 0 saturated carbocycles. The molecule has 0 aromatic heterocycles. The van der Waals surface area contributed by atoms with Gasteiger partial charge in [-0.3, -0.25) is 9.79 Å². The van der Waals surface area contributed by atoms with Crippen LogP contribution < -0.4 is 14.8 Å². The predicted octanol–water partition coefficient (Wildman–Crippen LogP) is 6.04. The van der Waals surface area contributed by atoms with Gasteiger partial charge in [-0.05, 0) is 61.4 Å². The second-order valence-corrected chi connectivity index (χ2v) is 9.05. The summed E-state index contributed by atoms with van der Waals surface area (Å²) in [7, 11) is 0. The third-order valence-electron chi connectivity index (χ3n) is 5.52. The van der Waals surface area contributed by atoms with Gasteiger partial charge in [0, 0.05) is 33.2 Å². The maximum absolute atomic E-state index is 12.9. The number of fused-ring (bicyclic) bond motifs is 3. The van der Waals surface area contributed by atoms with E-state index in [1.165, 1.54) is 16.0 Å². The monoisotopic (exact) mass is 444 g/mol. The van der Waals surface area contributed by atoms with Crippen molar-refractivity contribution in [3.05, 3.63) is 76.9 Å². The van der Waals surface area contributed by atoms with Crippen LogP contribution in [0.25, 0.3) is 0 Å². The third-order valence-corrected chi connectivity index (χ3v) is 6.66. The molecule has 1 amide bonds. The molecule has 162 valence electrons. The zero-order valence-corrected chi connectivity index (χ0v) is 18.9. The summed E-state index contributed by atoms with van der Waals surface area (Å²) in [5.41, 5.74) is 5.91. The van der Waals surface area contributed by atoms with Gasteiger partial charge in [0.25, 0.3) is 5.91 Å². The Labute approximate surface area is 191 Å². The lowest BCUT2D eigenvalue weighted by Crippen LogP contribution is -2.22. The van der Waals surface area contributed by atoms with Crippen LogP contribution in [0.2, 0.25) is 0 Å². The van der Waals surface area contributed by atoms with E-state index in [1.54, 1.807) is 11.8 Å². The zero-order chi connectivity index (χ0) is 22.1. The molecule has 6 heteroatoms. The highest BCUT2D eigenvalue weighted by Crippen LogP contribution is 2.41. The maximum atomic E-state index is 12.9. The Morgan fingerprint density at radius 3 is 2.75 bits per heavy atom. The molecule has 3 aromatic rings. The summed E-state index contributed by atoms with van der Waals surface area (Å²) in [6, 6.07) is 18.0. The number of carbonyl (C=O) groups is 1. The standard InChI is InChI=1S/C26H24N2O3S/c1-3-4-20-19-11-16(2)5-9-24(19)32-25-10-7-18(13-21(25)28-20)26(29)27-14-17-6-8-22-23(12-17)31-15-30-22/h5-13H,3-4,14-15H2,1-2H3,(H,27,29). The average Bonchev–Trinajstić information content (AvgIpc) is 3.21. The molecule has 2 aliphatic heterocycles. The van der Waals surface area contributed by atoms with E-state index < -0.39 is 0 Å². The van der Waals surface area contributed by atoms with Gasteiger partial charge in [0.2, 0.25) is 6.79 Å². The molecule has 5 nitrogen and oxygen atoms in total. The van der Waals surface area contributed by atoms with Crippen LogP contribution in [0.1, 0.15) is 46.8 Å². The van der Waals surface area contributed by atoms with E-state index in [9.17, 15) is 4.79 Å². The molecular weight excluding hydrogens is 420 g/mol. The van der Waals surface area contributed by atoms with E-state index in [0.717, 1.165) is 40.4 Å². The Morgan fingerprint density at radius 2 is 1.88 bits per heavy atom. The Kier molecular flexibility index (Phi) is 5.62. The first-order chi connectivity index (χ1) is 15.6. The molecule has 3 aromatic carbocycles. The van der Waals surface area contributed by atoms with Crippen molar-refractivity contribution in [2.24, 2.45) is 4.99 Å². The van der Waals surface area contributed by atoms with Gasteiger partial charge in [-0.25, -0.2) is 0 Å². The highest BCUT2D eigenvalue weighted by Gasteiger charge is 2.19. The molecule has 0 unspecified atom stereocenters. The molecule has 2 aliphatic rings. The third kappa shape index (κ3) is 4.10. The quantitative estimate of drug-likeness (QED) is 0.521. The van der Waals surface area contributed by atoms with E-state index >= 15 is 0 Å². The molecule has 0 fully saturated rings. The average molecular weight is 445 g/mol. The van der Waals surface area contributed by atoms with Crippen LogP contribution in [0.15, 0.2) is 69.4 Å². The second kappa shape index (κ2) is 8.71. The molecule has 0 saturated heterocycles. The fourth-order valence-electron chi connectivity index (χ4n) is 3.88. The van der Waals surface area contributed by atoms with Gasteiger partial charge in [0.05, 0.1) is 5.69 Å². The summed E-state index contributed by atoms with van der Waals surface area (Å²) in [6.45, 7) is 4.92. The van der Waals surface area contributed by atoms with Gasteiger partial charge in [-0.15, -0.1) is 0 Å². The molecule has 0 spiro atoms. The molecule has 0 bridgehead atoms. The smallest absolute Gasteiger partial charge is 0.251 e. The Morgan fingerprint density at radius 1 is 1.03 bits per heavy atom. The van der Waals surface area contributed by atoms with E-state index in [-0.39, 0.29) is 12.7 Å². The molecular formula is C26H24N2O3S. The number of aliphatic imine (C=N–C) groups is 1. The van der Waals surface area contributed by atoms with Crippen LogP contribution in [-0.2, 0) is 6.54 Å². The first-order valence-electron chi connectivity index (χ1n) is 10.8. The van der Waals surface area contributed by atoms with Crippen molar-refractivity contribution in [2.45, 2.75) is 43.0 Å². The van der Waals surface area contributed by atoms with Gasteiger partial charge in [-0.2, -0.15) is 0 Å². The van der Waals surface area contributed by atoms with Crippen LogP contribution in [-0.4, -0.2) is 18.4 Å². The topological polar surface area (TPSA) is 59.9 Å². The number of carbonyl (C=O) groups excluding carboxylic acids is 1. The lowest BCUT2D eigenvalue weighted by Gasteiger charge is -2.09. The zero-order valence-electron chi connectivity index (χ0n) is 18.1. The maximum Gasteiger partial charge on any atom is 0.251 e. The number of rotatable bonds is 5. The summed E-state index contributed by atoms with van der Waals surface area (Å²) in [4.78, 5) is 20.1. The predicted molar refractivity (Wildman–Crippen MR) is 127 cm³/mol. The van der Waals surface area contributed by atoms with E-state index in [4.69, 9.17) is 14.5 Å². The molecule has 0 atom stereocenters. The van der Waals surface area contributed by atoms with Crippen LogP contribution >= 0.6 is 11.8 Å². The van der Waals surface area contributed by atoms with Gasteiger partial charge < -0.3 is 14.8 Å². The number of nitrogens with one attached hydrogen (secondary N) is 1.